The molecule has 0 aliphatic carbocycles. The van der Waals surface area contributed by atoms with E-state index in [0.717, 1.165) is 4.48 Å². The standard InChI is InChI=1S/C9H22NO/c1-8(10(4,5)6)9(2,3)11-7/h8H,1-7H3/q+1. The van der Waals surface area contributed by atoms with Gasteiger partial charge in [0, 0.05) is 7.11 Å². The first-order chi connectivity index (χ1) is 4.72. The first-order valence-electron chi connectivity index (χ1n) is 4.08. The molecule has 0 saturated heterocycles. The first-order valence-corrected chi connectivity index (χ1v) is 4.08. The molecule has 0 rings (SSSR count). The molecule has 0 aromatic carbocycles. The predicted octanol–water partition coefficient (Wildman–Crippen LogP) is 1.51. The second-order valence-corrected chi connectivity index (χ2v) is 4.60. The molecule has 68 valence electrons. The summed E-state index contributed by atoms with van der Waals surface area (Å²) in [7, 11) is 8.33. The predicted molar refractivity (Wildman–Crippen MR) is 48.6 cm³/mol. The van der Waals surface area contributed by atoms with Gasteiger partial charge >= 0.3 is 0 Å². The van der Waals surface area contributed by atoms with Crippen LogP contribution in [-0.2, 0) is 4.74 Å². The molecule has 0 fully saturated rings. The van der Waals surface area contributed by atoms with Gasteiger partial charge < -0.3 is 9.22 Å². The number of likely N-dealkylation sites (N-methyl/N-ethyl adjacent to an activating group) is 1. The van der Waals surface area contributed by atoms with E-state index in [2.05, 4.69) is 41.9 Å². The summed E-state index contributed by atoms with van der Waals surface area (Å²) in [6.07, 6.45) is 0. The molecule has 2 heteroatoms. The molecule has 2 nitrogen and oxygen atoms in total. The Balaban J connectivity index is 4.35. The second-order valence-electron chi connectivity index (χ2n) is 4.60. The molecule has 0 amide bonds. The van der Waals surface area contributed by atoms with Crippen molar-refractivity contribution in [1.29, 1.82) is 0 Å². The highest BCUT2D eigenvalue weighted by Gasteiger charge is 2.35. The van der Waals surface area contributed by atoms with E-state index in [9.17, 15) is 0 Å². The van der Waals surface area contributed by atoms with Crippen LogP contribution < -0.4 is 0 Å². The number of methoxy groups -OCH3 is 1. The van der Waals surface area contributed by atoms with Crippen LogP contribution in [0.2, 0.25) is 0 Å². The largest absolute Gasteiger partial charge is 0.373 e. The van der Waals surface area contributed by atoms with Gasteiger partial charge in [-0.25, -0.2) is 0 Å². The molecule has 0 radical (unpaired) electrons. The van der Waals surface area contributed by atoms with Gasteiger partial charge in [-0.3, -0.25) is 0 Å². The monoisotopic (exact) mass is 160 g/mol. The third-order valence-corrected chi connectivity index (χ3v) is 2.69. The van der Waals surface area contributed by atoms with Crippen LogP contribution in [0, 0.1) is 0 Å². The fraction of sp³-hybridized carbons (Fsp3) is 1.00. The Morgan fingerprint density at radius 1 is 1.18 bits per heavy atom. The molecule has 0 spiro atoms. The molecular formula is C9H22NO+. The zero-order valence-corrected chi connectivity index (χ0v) is 8.93. The summed E-state index contributed by atoms with van der Waals surface area (Å²) in [4.78, 5) is 0. The summed E-state index contributed by atoms with van der Waals surface area (Å²) in [5.41, 5.74) is -0.0434. The summed E-state index contributed by atoms with van der Waals surface area (Å²) in [6.45, 7) is 6.46. The number of nitrogens with zero attached hydrogens (tertiary/aromatic N) is 1. The van der Waals surface area contributed by atoms with Crippen LogP contribution >= 0.6 is 0 Å². The van der Waals surface area contributed by atoms with E-state index < -0.39 is 0 Å². The molecule has 1 unspecified atom stereocenters. The van der Waals surface area contributed by atoms with Gasteiger partial charge in [0.2, 0.25) is 0 Å². The smallest absolute Gasteiger partial charge is 0.114 e. The minimum Gasteiger partial charge on any atom is -0.373 e. The van der Waals surface area contributed by atoms with Gasteiger partial charge in [0.15, 0.2) is 0 Å². The molecule has 0 aromatic heterocycles. The van der Waals surface area contributed by atoms with E-state index >= 15 is 0 Å². The van der Waals surface area contributed by atoms with Crippen LogP contribution in [0.4, 0.5) is 0 Å². The van der Waals surface area contributed by atoms with Crippen LogP contribution in [-0.4, -0.2) is 44.4 Å². The maximum Gasteiger partial charge on any atom is 0.114 e. The lowest BCUT2D eigenvalue weighted by Gasteiger charge is -2.40. The zero-order chi connectivity index (χ0) is 9.28. The van der Waals surface area contributed by atoms with E-state index in [1.54, 1.807) is 7.11 Å². The Morgan fingerprint density at radius 2 is 1.55 bits per heavy atom. The highest BCUT2D eigenvalue weighted by Crippen LogP contribution is 2.20. The molecule has 11 heavy (non-hydrogen) atoms. The third kappa shape index (κ3) is 2.80. The molecule has 0 saturated carbocycles. The van der Waals surface area contributed by atoms with Crippen molar-refractivity contribution in [2.24, 2.45) is 0 Å². The molecule has 0 heterocycles. The van der Waals surface area contributed by atoms with E-state index in [1.165, 1.54) is 0 Å². The van der Waals surface area contributed by atoms with Gasteiger partial charge in [-0.05, 0) is 20.8 Å². The van der Waals surface area contributed by atoms with Crippen LogP contribution in [0.15, 0.2) is 0 Å². The van der Waals surface area contributed by atoms with Crippen molar-refractivity contribution in [2.75, 3.05) is 28.3 Å². The molecule has 1 atom stereocenters. The van der Waals surface area contributed by atoms with Crippen molar-refractivity contribution in [2.45, 2.75) is 32.4 Å². The van der Waals surface area contributed by atoms with Crippen LogP contribution in [0.1, 0.15) is 20.8 Å². The minimum absolute atomic E-state index is 0.0434. The van der Waals surface area contributed by atoms with Crippen molar-refractivity contribution in [1.82, 2.24) is 0 Å². The highest BCUT2D eigenvalue weighted by atomic mass is 16.5. The Kier molecular flexibility index (Phi) is 3.09. The van der Waals surface area contributed by atoms with E-state index in [4.69, 9.17) is 4.74 Å². The average Bonchev–Trinajstić information content (AvgIpc) is 1.84. The SMILES string of the molecule is COC(C)(C)C(C)[N+](C)(C)C. The Morgan fingerprint density at radius 3 is 1.64 bits per heavy atom. The molecule has 0 aliphatic heterocycles. The Bertz CT molecular complexity index is 124. The van der Waals surface area contributed by atoms with Gasteiger partial charge in [-0.2, -0.15) is 0 Å². The van der Waals surface area contributed by atoms with Crippen molar-refractivity contribution in [3.8, 4) is 0 Å². The fourth-order valence-electron chi connectivity index (χ4n) is 1.10. The molecule has 0 bridgehead atoms. The molecular weight excluding hydrogens is 138 g/mol. The lowest BCUT2D eigenvalue weighted by Crippen LogP contribution is -2.55. The van der Waals surface area contributed by atoms with Crippen molar-refractivity contribution < 1.29 is 9.22 Å². The number of hydrogen-bond donors (Lipinski definition) is 0. The van der Waals surface area contributed by atoms with Gasteiger partial charge in [0.1, 0.15) is 11.6 Å². The van der Waals surface area contributed by atoms with Crippen molar-refractivity contribution >= 4 is 0 Å². The Hall–Kier alpha value is -0.0800. The van der Waals surface area contributed by atoms with Crippen LogP contribution in [0.5, 0.6) is 0 Å². The average molecular weight is 160 g/mol. The van der Waals surface area contributed by atoms with E-state index in [1.807, 2.05) is 0 Å². The van der Waals surface area contributed by atoms with Gasteiger partial charge in [-0.1, -0.05) is 0 Å². The first kappa shape index (κ1) is 10.9. The summed E-state index contributed by atoms with van der Waals surface area (Å²) >= 11 is 0. The number of ether oxygens (including phenoxy) is 1. The van der Waals surface area contributed by atoms with Crippen molar-refractivity contribution in [3.05, 3.63) is 0 Å². The van der Waals surface area contributed by atoms with Crippen LogP contribution in [0.3, 0.4) is 0 Å². The quantitative estimate of drug-likeness (QED) is 0.569. The lowest BCUT2D eigenvalue weighted by molar-refractivity contribution is -0.901. The number of rotatable bonds is 3. The molecule has 0 aromatic rings. The summed E-state index contributed by atoms with van der Waals surface area (Å²) < 4.78 is 6.34. The van der Waals surface area contributed by atoms with Gasteiger partial charge in [0.25, 0.3) is 0 Å². The Labute approximate surface area is 70.7 Å². The summed E-state index contributed by atoms with van der Waals surface area (Å²) in [5.74, 6) is 0. The molecule has 0 aliphatic rings. The fourth-order valence-corrected chi connectivity index (χ4v) is 1.10. The summed E-state index contributed by atoms with van der Waals surface area (Å²) in [5, 5.41) is 0. The number of quaternary nitrogens is 1. The van der Waals surface area contributed by atoms with Gasteiger partial charge in [-0.15, -0.1) is 0 Å². The third-order valence-electron chi connectivity index (χ3n) is 2.69. The van der Waals surface area contributed by atoms with E-state index in [-0.39, 0.29) is 5.60 Å². The zero-order valence-electron chi connectivity index (χ0n) is 8.93. The normalized spacial score (nSPS) is 16.6. The topological polar surface area (TPSA) is 9.23 Å². The highest BCUT2D eigenvalue weighted by molar-refractivity contribution is 4.75. The lowest BCUT2D eigenvalue weighted by atomic mass is 9.98. The minimum atomic E-state index is -0.0434. The van der Waals surface area contributed by atoms with Gasteiger partial charge in [0.05, 0.1) is 21.1 Å². The van der Waals surface area contributed by atoms with E-state index in [0.29, 0.717) is 6.04 Å². The maximum absolute atomic E-state index is 5.41. The van der Waals surface area contributed by atoms with Crippen molar-refractivity contribution in [3.63, 3.8) is 0 Å². The molecule has 0 N–H and O–H groups in total. The summed E-state index contributed by atoms with van der Waals surface area (Å²) in [6, 6.07) is 0.493. The second kappa shape index (κ2) is 3.11. The number of hydrogen-bond acceptors (Lipinski definition) is 1. The maximum atomic E-state index is 5.41. The van der Waals surface area contributed by atoms with Crippen LogP contribution in [0.25, 0.3) is 0 Å².